The van der Waals surface area contributed by atoms with E-state index < -0.39 is 0 Å². The lowest BCUT2D eigenvalue weighted by molar-refractivity contribution is 0.195. The zero-order valence-electron chi connectivity index (χ0n) is 37.1. The van der Waals surface area contributed by atoms with Crippen LogP contribution in [-0.2, 0) is 28.2 Å². The van der Waals surface area contributed by atoms with Crippen LogP contribution >= 0.6 is 0 Å². The van der Waals surface area contributed by atoms with E-state index in [9.17, 15) is 0 Å². The van der Waals surface area contributed by atoms with Gasteiger partial charge in [-0.1, -0.05) is 132 Å². The molecular weight excluding hydrogens is 725 g/mol. The second-order valence-electron chi connectivity index (χ2n) is 21.3. The Morgan fingerprint density at radius 3 is 2.08 bits per heavy atom. The smallest absolute Gasteiger partial charge is 0.252 e. The highest BCUT2D eigenvalue weighted by Crippen LogP contribution is 2.66. The molecule has 0 aromatic heterocycles. The van der Waals surface area contributed by atoms with E-state index in [-0.39, 0.29) is 34.0 Å². The molecule has 0 bridgehead atoms. The molecule has 0 radical (unpaired) electrons. The van der Waals surface area contributed by atoms with Crippen LogP contribution in [0.15, 0.2) is 115 Å². The summed E-state index contributed by atoms with van der Waals surface area (Å²) in [6.07, 6.45) is 7.12. The summed E-state index contributed by atoms with van der Waals surface area (Å²) in [5.41, 5.74) is 23.3. The SMILES string of the molecule is Cc1ccc(N2c3cc(C)ccc3B3c4cccc5c4N(c4cc(N6c7ccc(C(C)(C)C)cc7C7(C)CCCCC67C)cc2c43)C2(C)c3ccccc3CCC52C)cc1. The van der Waals surface area contributed by atoms with Gasteiger partial charge in [0.05, 0.1) is 11.1 Å². The molecular formula is C56H58BN3. The number of hydrogen-bond acceptors (Lipinski definition) is 3. The third-order valence-corrected chi connectivity index (χ3v) is 17.3. The number of aryl methyl sites for hydroxylation is 3. The standard InChI is InChI=1S/C56H58BN3/c1-35-19-23-39(24-20-35)58-47-31-36(2)21-25-44(47)57-45-18-14-17-42-51(45)60(56(9)41-16-11-10-15-37(41)27-30-54(42,56)7)49-34-40(33-48(58)50(49)57)59-46-26-22-38(52(3,4)5)32-43(46)53(6)28-12-13-29-55(53,59)8/h10-11,14-26,31-34H,12-13,27-30H2,1-9H3. The number of anilines is 7. The predicted octanol–water partition coefficient (Wildman–Crippen LogP) is 12.2. The molecule has 4 atom stereocenters. The van der Waals surface area contributed by atoms with Crippen LogP contribution in [0.1, 0.15) is 120 Å². The molecule has 12 rings (SSSR count). The molecule has 0 spiro atoms. The topological polar surface area (TPSA) is 9.72 Å². The third-order valence-electron chi connectivity index (χ3n) is 17.3. The molecule has 1 fully saturated rings. The number of rotatable bonds is 2. The maximum atomic E-state index is 2.88. The molecule has 1 saturated carbocycles. The molecule has 0 N–H and O–H groups in total. The Kier molecular flexibility index (Phi) is 7.19. The fraction of sp³-hybridized carbons (Fsp3) is 0.357. The summed E-state index contributed by atoms with van der Waals surface area (Å²) in [4.78, 5) is 8.35. The first-order valence-electron chi connectivity index (χ1n) is 22.8. The molecule has 6 aromatic rings. The zero-order chi connectivity index (χ0) is 41.3. The van der Waals surface area contributed by atoms with Crippen molar-refractivity contribution in [2.24, 2.45) is 0 Å². The summed E-state index contributed by atoms with van der Waals surface area (Å²) in [6, 6.07) is 46.1. The number of para-hydroxylation sites is 1. The summed E-state index contributed by atoms with van der Waals surface area (Å²) < 4.78 is 0. The summed E-state index contributed by atoms with van der Waals surface area (Å²) in [6.45, 7) is 22.1. The minimum absolute atomic E-state index is 0.0259. The Bertz CT molecular complexity index is 2830. The molecule has 4 unspecified atom stereocenters. The minimum atomic E-state index is -0.284. The van der Waals surface area contributed by atoms with Gasteiger partial charge in [0, 0.05) is 50.6 Å². The Morgan fingerprint density at radius 1 is 0.550 bits per heavy atom. The van der Waals surface area contributed by atoms with Gasteiger partial charge in [0.25, 0.3) is 6.71 Å². The van der Waals surface area contributed by atoms with Gasteiger partial charge in [-0.3, -0.25) is 0 Å². The van der Waals surface area contributed by atoms with Gasteiger partial charge in [-0.15, -0.1) is 0 Å². The maximum Gasteiger partial charge on any atom is 0.252 e. The Hall–Kier alpha value is -5.22. The van der Waals surface area contributed by atoms with Crippen LogP contribution in [0.2, 0.25) is 0 Å². The average molecular weight is 784 g/mol. The first-order valence-corrected chi connectivity index (χ1v) is 22.8. The predicted molar refractivity (Wildman–Crippen MR) is 255 cm³/mol. The highest BCUT2D eigenvalue weighted by atomic mass is 15.3. The highest BCUT2D eigenvalue weighted by Gasteiger charge is 2.64. The van der Waals surface area contributed by atoms with Gasteiger partial charge in [0.2, 0.25) is 0 Å². The van der Waals surface area contributed by atoms with Crippen molar-refractivity contribution in [3.63, 3.8) is 0 Å². The first kappa shape index (κ1) is 36.6. The second kappa shape index (κ2) is 11.8. The highest BCUT2D eigenvalue weighted by molar-refractivity contribution is 7.00. The molecule has 0 saturated heterocycles. The van der Waals surface area contributed by atoms with Crippen LogP contribution in [0.3, 0.4) is 0 Å². The summed E-state index contributed by atoms with van der Waals surface area (Å²) in [5, 5.41) is 0. The van der Waals surface area contributed by atoms with Crippen molar-refractivity contribution >= 4 is 62.9 Å². The van der Waals surface area contributed by atoms with E-state index in [1.807, 2.05) is 0 Å². The van der Waals surface area contributed by atoms with E-state index in [4.69, 9.17) is 0 Å². The van der Waals surface area contributed by atoms with Crippen molar-refractivity contribution < 1.29 is 0 Å². The lowest BCUT2D eigenvalue weighted by atomic mass is 9.33. The van der Waals surface area contributed by atoms with Crippen molar-refractivity contribution in [2.45, 2.75) is 128 Å². The quantitative estimate of drug-likeness (QED) is 0.162. The molecule has 4 heteroatoms. The largest absolute Gasteiger partial charge is 0.334 e. The van der Waals surface area contributed by atoms with Crippen LogP contribution in [0.5, 0.6) is 0 Å². The molecule has 2 aliphatic carbocycles. The average Bonchev–Trinajstić information content (AvgIpc) is 3.58. The Balaban J connectivity index is 1.21. The van der Waals surface area contributed by atoms with Gasteiger partial charge >= 0.3 is 0 Å². The summed E-state index contributed by atoms with van der Waals surface area (Å²) in [5.74, 6) is 0. The number of hydrogen-bond donors (Lipinski definition) is 0. The van der Waals surface area contributed by atoms with E-state index in [2.05, 4.69) is 192 Å². The van der Waals surface area contributed by atoms with Gasteiger partial charge in [-0.05, 0) is 145 Å². The summed E-state index contributed by atoms with van der Waals surface area (Å²) in [7, 11) is 0. The molecule has 3 nitrogen and oxygen atoms in total. The number of nitrogens with zero attached hydrogens (tertiary/aromatic N) is 3. The van der Waals surface area contributed by atoms with Crippen molar-refractivity contribution in [3.8, 4) is 0 Å². The maximum absolute atomic E-state index is 2.88. The number of fused-ring (bicyclic) bond motifs is 12. The lowest BCUT2D eigenvalue weighted by Crippen LogP contribution is -2.64. The van der Waals surface area contributed by atoms with Gasteiger partial charge in [-0.25, -0.2) is 0 Å². The molecule has 4 aliphatic heterocycles. The molecule has 0 amide bonds. The van der Waals surface area contributed by atoms with Gasteiger partial charge in [0.15, 0.2) is 0 Å². The first-order chi connectivity index (χ1) is 28.7. The van der Waals surface area contributed by atoms with E-state index in [0.717, 1.165) is 12.8 Å². The van der Waals surface area contributed by atoms with Crippen molar-refractivity contribution in [2.75, 3.05) is 14.7 Å². The molecule has 60 heavy (non-hydrogen) atoms. The van der Waals surface area contributed by atoms with Gasteiger partial charge in [-0.2, -0.15) is 0 Å². The van der Waals surface area contributed by atoms with Crippen LogP contribution in [0.25, 0.3) is 0 Å². The Labute approximate surface area is 358 Å². The van der Waals surface area contributed by atoms with Gasteiger partial charge in [0.1, 0.15) is 0 Å². The second-order valence-corrected chi connectivity index (χ2v) is 21.3. The third kappa shape index (κ3) is 4.33. The van der Waals surface area contributed by atoms with E-state index in [0.29, 0.717) is 0 Å². The normalized spacial score (nSPS) is 26.5. The fourth-order valence-electron chi connectivity index (χ4n) is 13.7. The van der Waals surface area contributed by atoms with E-state index >= 15 is 0 Å². The fourth-order valence-corrected chi connectivity index (χ4v) is 13.7. The molecule has 4 heterocycles. The van der Waals surface area contributed by atoms with Crippen LogP contribution < -0.4 is 31.1 Å². The van der Waals surface area contributed by atoms with Crippen molar-refractivity contribution in [1.82, 2.24) is 0 Å². The minimum Gasteiger partial charge on any atom is -0.334 e. The van der Waals surface area contributed by atoms with Gasteiger partial charge < -0.3 is 14.7 Å². The zero-order valence-corrected chi connectivity index (χ0v) is 37.1. The number of benzene rings is 6. The summed E-state index contributed by atoms with van der Waals surface area (Å²) >= 11 is 0. The van der Waals surface area contributed by atoms with Crippen molar-refractivity contribution in [3.05, 3.63) is 154 Å². The van der Waals surface area contributed by atoms with Crippen molar-refractivity contribution in [1.29, 1.82) is 0 Å². The molecule has 6 aliphatic rings. The van der Waals surface area contributed by atoms with Crippen LogP contribution in [0, 0.1) is 13.8 Å². The monoisotopic (exact) mass is 783 g/mol. The van der Waals surface area contributed by atoms with Crippen LogP contribution in [-0.4, -0.2) is 12.3 Å². The van der Waals surface area contributed by atoms with E-state index in [1.54, 1.807) is 0 Å². The molecule has 300 valence electrons. The Morgan fingerprint density at radius 2 is 1.28 bits per heavy atom. The lowest BCUT2D eigenvalue weighted by Gasteiger charge is -2.54. The molecule has 6 aromatic carbocycles. The van der Waals surface area contributed by atoms with Crippen LogP contribution in [0.4, 0.5) is 39.8 Å². The van der Waals surface area contributed by atoms with E-state index in [1.165, 1.54) is 121 Å².